The molecule has 1 fully saturated rings. The number of para-hydroxylation sites is 1. The highest BCUT2D eigenvalue weighted by atomic mass is 32.2. The molecule has 2 aromatic rings. The van der Waals surface area contributed by atoms with Crippen LogP contribution in [0, 0.1) is 6.92 Å². The molecule has 1 saturated heterocycles. The van der Waals surface area contributed by atoms with Crippen LogP contribution in [0.2, 0.25) is 0 Å². The third kappa shape index (κ3) is 3.60. The zero-order valence-corrected chi connectivity index (χ0v) is 16.0. The minimum absolute atomic E-state index is 0. The highest BCUT2D eigenvalue weighted by molar-refractivity contribution is 7.92. The predicted molar refractivity (Wildman–Crippen MR) is 105 cm³/mol. The summed E-state index contributed by atoms with van der Waals surface area (Å²) in [7, 11) is -3.87. The van der Waals surface area contributed by atoms with Crippen molar-refractivity contribution in [2.45, 2.75) is 38.0 Å². The fraction of sp³-hybridized carbons (Fsp3) is 0.350. The molecule has 1 amide bonds. The summed E-state index contributed by atoms with van der Waals surface area (Å²) in [4.78, 5) is 14.5. The molecule has 0 spiro atoms. The van der Waals surface area contributed by atoms with E-state index in [1.165, 1.54) is 6.07 Å². The molecule has 0 aromatic heterocycles. The quantitative estimate of drug-likeness (QED) is 0.865. The third-order valence-corrected chi connectivity index (χ3v) is 6.18. The number of carbonyl (C=O) groups excluding carboxylic acids is 1. The number of likely N-dealkylation sites (tertiary alicyclic amines) is 1. The van der Waals surface area contributed by atoms with Crippen LogP contribution in [-0.4, -0.2) is 32.3 Å². The molecule has 0 atom stereocenters. The van der Waals surface area contributed by atoms with Crippen molar-refractivity contribution < 1.29 is 14.6 Å². The van der Waals surface area contributed by atoms with Gasteiger partial charge in [-0.05, 0) is 49.4 Å². The van der Waals surface area contributed by atoms with E-state index in [0.717, 1.165) is 24.0 Å². The molecule has 3 rings (SSSR count). The summed E-state index contributed by atoms with van der Waals surface area (Å²) < 4.78 is 28.9. The van der Waals surface area contributed by atoms with Crippen molar-refractivity contribution >= 4 is 21.6 Å². The number of sulfonamides is 1. The van der Waals surface area contributed by atoms with E-state index in [9.17, 15) is 13.2 Å². The first-order chi connectivity index (χ1) is 12.4. The molecule has 140 valence electrons. The van der Waals surface area contributed by atoms with Crippen LogP contribution in [0.5, 0.6) is 0 Å². The molecule has 1 heterocycles. The monoisotopic (exact) mass is 374 g/mol. The number of nitrogens with zero attached hydrogens (tertiary/aromatic N) is 1. The Bertz CT molecular complexity index is 923. The second-order valence-electron chi connectivity index (χ2n) is 6.56. The molecule has 0 saturated carbocycles. The van der Waals surface area contributed by atoms with Gasteiger partial charge in [0, 0.05) is 14.5 Å². The SMILES string of the molecule is CCc1cccc(C)c1NS(=O)(=O)c1ccccc1C(=O)N1CCCC1.[HH]. The van der Waals surface area contributed by atoms with Crippen molar-refractivity contribution in [1.82, 2.24) is 4.90 Å². The maximum atomic E-state index is 13.1. The summed E-state index contributed by atoms with van der Waals surface area (Å²) >= 11 is 0. The van der Waals surface area contributed by atoms with E-state index in [4.69, 9.17) is 0 Å². The van der Waals surface area contributed by atoms with Gasteiger partial charge in [-0.1, -0.05) is 37.3 Å². The summed E-state index contributed by atoms with van der Waals surface area (Å²) in [6, 6.07) is 12.1. The second-order valence-corrected chi connectivity index (χ2v) is 8.21. The Morgan fingerprint density at radius 2 is 1.81 bits per heavy atom. The molecule has 1 aliphatic rings. The number of aryl methyl sites for hydroxylation is 2. The van der Waals surface area contributed by atoms with Gasteiger partial charge in [-0.25, -0.2) is 8.42 Å². The number of rotatable bonds is 5. The Balaban J connectivity index is 0.00000261. The van der Waals surface area contributed by atoms with E-state index in [-0.39, 0.29) is 17.8 Å². The normalized spacial score (nSPS) is 14.5. The Morgan fingerprint density at radius 1 is 1.12 bits per heavy atom. The van der Waals surface area contributed by atoms with E-state index < -0.39 is 10.0 Å². The molecular weight excluding hydrogens is 348 g/mol. The van der Waals surface area contributed by atoms with Gasteiger partial charge < -0.3 is 4.90 Å². The molecular formula is C20H26N2O3S. The van der Waals surface area contributed by atoms with Crippen molar-refractivity contribution in [1.29, 1.82) is 0 Å². The number of anilines is 1. The number of benzene rings is 2. The molecule has 0 radical (unpaired) electrons. The van der Waals surface area contributed by atoms with Crippen LogP contribution in [-0.2, 0) is 16.4 Å². The average Bonchev–Trinajstić information content (AvgIpc) is 3.17. The van der Waals surface area contributed by atoms with E-state index >= 15 is 0 Å². The van der Waals surface area contributed by atoms with Crippen LogP contribution >= 0.6 is 0 Å². The van der Waals surface area contributed by atoms with Crippen molar-refractivity contribution in [3.8, 4) is 0 Å². The van der Waals surface area contributed by atoms with E-state index in [0.29, 0.717) is 25.2 Å². The summed E-state index contributed by atoms with van der Waals surface area (Å²) in [6.45, 7) is 5.21. The van der Waals surface area contributed by atoms with Crippen LogP contribution in [0.4, 0.5) is 5.69 Å². The number of hydrogen-bond donors (Lipinski definition) is 1. The lowest BCUT2D eigenvalue weighted by Gasteiger charge is -2.19. The Labute approximate surface area is 156 Å². The van der Waals surface area contributed by atoms with Crippen LogP contribution in [0.15, 0.2) is 47.4 Å². The minimum Gasteiger partial charge on any atom is -0.339 e. The van der Waals surface area contributed by atoms with Gasteiger partial charge in [0.2, 0.25) is 0 Å². The van der Waals surface area contributed by atoms with Gasteiger partial charge in [-0.2, -0.15) is 0 Å². The first-order valence-electron chi connectivity index (χ1n) is 8.93. The molecule has 1 N–H and O–H groups in total. The maximum Gasteiger partial charge on any atom is 0.262 e. The van der Waals surface area contributed by atoms with Gasteiger partial charge in [0.1, 0.15) is 4.90 Å². The number of amides is 1. The lowest BCUT2D eigenvalue weighted by molar-refractivity contribution is 0.0789. The maximum absolute atomic E-state index is 13.1. The van der Waals surface area contributed by atoms with Crippen molar-refractivity contribution in [3.05, 3.63) is 59.2 Å². The van der Waals surface area contributed by atoms with Gasteiger partial charge >= 0.3 is 0 Å². The summed E-state index contributed by atoms with van der Waals surface area (Å²) in [5.41, 5.74) is 2.61. The van der Waals surface area contributed by atoms with Crippen LogP contribution in [0.1, 0.15) is 42.7 Å². The molecule has 0 bridgehead atoms. The Hall–Kier alpha value is -2.34. The summed E-state index contributed by atoms with van der Waals surface area (Å²) in [5.74, 6) is -0.219. The van der Waals surface area contributed by atoms with Crippen LogP contribution in [0.25, 0.3) is 0 Å². The van der Waals surface area contributed by atoms with E-state index in [2.05, 4.69) is 4.72 Å². The summed E-state index contributed by atoms with van der Waals surface area (Å²) in [5, 5.41) is 0. The highest BCUT2D eigenvalue weighted by Gasteiger charge is 2.27. The van der Waals surface area contributed by atoms with Crippen LogP contribution < -0.4 is 4.72 Å². The minimum atomic E-state index is -3.87. The van der Waals surface area contributed by atoms with Crippen molar-refractivity contribution in [3.63, 3.8) is 0 Å². The Kier molecular flexibility index (Phi) is 5.32. The van der Waals surface area contributed by atoms with Gasteiger partial charge in [0.15, 0.2) is 0 Å². The predicted octanol–water partition coefficient (Wildman–Crippen LogP) is 3.84. The van der Waals surface area contributed by atoms with Gasteiger partial charge in [-0.15, -0.1) is 0 Å². The number of nitrogens with one attached hydrogen (secondary N) is 1. The molecule has 5 nitrogen and oxygen atoms in total. The van der Waals surface area contributed by atoms with Crippen molar-refractivity contribution in [2.24, 2.45) is 0 Å². The molecule has 1 aliphatic heterocycles. The van der Waals surface area contributed by atoms with Gasteiger partial charge in [-0.3, -0.25) is 9.52 Å². The molecule has 2 aromatic carbocycles. The zero-order valence-electron chi connectivity index (χ0n) is 15.2. The number of carbonyl (C=O) groups is 1. The molecule has 6 heteroatoms. The second kappa shape index (κ2) is 7.50. The fourth-order valence-electron chi connectivity index (χ4n) is 3.33. The lowest BCUT2D eigenvalue weighted by Crippen LogP contribution is -2.29. The van der Waals surface area contributed by atoms with E-state index in [1.54, 1.807) is 23.1 Å². The van der Waals surface area contributed by atoms with Crippen LogP contribution in [0.3, 0.4) is 0 Å². The third-order valence-electron chi connectivity index (χ3n) is 4.78. The van der Waals surface area contributed by atoms with E-state index in [1.807, 2.05) is 32.0 Å². The fourth-order valence-corrected chi connectivity index (χ4v) is 4.70. The summed E-state index contributed by atoms with van der Waals surface area (Å²) in [6.07, 6.45) is 2.64. The molecule has 0 aliphatic carbocycles. The first kappa shape index (κ1) is 18.5. The van der Waals surface area contributed by atoms with Gasteiger partial charge in [0.05, 0.1) is 11.3 Å². The van der Waals surface area contributed by atoms with Gasteiger partial charge in [0.25, 0.3) is 15.9 Å². The number of hydrogen-bond acceptors (Lipinski definition) is 3. The lowest BCUT2D eigenvalue weighted by atomic mass is 10.1. The Morgan fingerprint density at radius 3 is 2.50 bits per heavy atom. The average molecular weight is 375 g/mol. The largest absolute Gasteiger partial charge is 0.339 e. The molecule has 0 unspecified atom stereocenters. The highest BCUT2D eigenvalue weighted by Crippen LogP contribution is 2.27. The van der Waals surface area contributed by atoms with Crippen molar-refractivity contribution in [2.75, 3.05) is 17.8 Å². The first-order valence-corrected chi connectivity index (χ1v) is 10.4. The standard InChI is InChI=1S/C20H24N2O3S.H2/c1-3-16-10-8-9-15(2)19(16)21-26(24,25)18-12-5-4-11-17(18)20(23)22-13-6-7-14-22;/h4-5,8-12,21H,3,6-7,13-14H2,1-2H3;1H. The molecule has 26 heavy (non-hydrogen) atoms. The zero-order chi connectivity index (χ0) is 18.7. The topological polar surface area (TPSA) is 66.5 Å². The smallest absolute Gasteiger partial charge is 0.262 e.